The Balaban J connectivity index is 1.03. The van der Waals surface area contributed by atoms with Crippen molar-refractivity contribution in [3.8, 4) is 11.5 Å². The topological polar surface area (TPSA) is 71.0 Å². The standard InChI is InChI=1S/C28H30ClN5O3S/c29-25-16-26(33-8-1-2-9-33)31-28(30-25)38-18-21-4-3-5-22(14-21)27(35)34-12-10-32(11-13-34)17-20-6-7-23-24(15-20)37-19-36-23/h3-7,14-16H,1-2,8-13,17-19H2. The third kappa shape index (κ3) is 5.85. The maximum absolute atomic E-state index is 13.3. The number of hydrogen-bond acceptors (Lipinski definition) is 8. The molecule has 0 spiro atoms. The second kappa shape index (κ2) is 11.4. The minimum absolute atomic E-state index is 0.0786. The van der Waals surface area contributed by atoms with Crippen LogP contribution in [-0.4, -0.2) is 71.7 Å². The molecule has 0 atom stereocenters. The van der Waals surface area contributed by atoms with Gasteiger partial charge in [-0.25, -0.2) is 9.97 Å². The molecule has 0 bridgehead atoms. The van der Waals surface area contributed by atoms with E-state index in [-0.39, 0.29) is 12.7 Å². The molecule has 2 fully saturated rings. The molecule has 0 N–H and O–H groups in total. The van der Waals surface area contributed by atoms with E-state index in [1.54, 1.807) is 11.8 Å². The average Bonchev–Trinajstić information content (AvgIpc) is 3.64. The van der Waals surface area contributed by atoms with Gasteiger partial charge in [-0.1, -0.05) is 41.6 Å². The van der Waals surface area contributed by atoms with Crippen molar-refractivity contribution in [1.29, 1.82) is 0 Å². The van der Waals surface area contributed by atoms with E-state index in [4.69, 9.17) is 26.1 Å². The first-order chi connectivity index (χ1) is 18.6. The monoisotopic (exact) mass is 551 g/mol. The number of amides is 1. The van der Waals surface area contributed by atoms with Crippen LogP contribution in [0.15, 0.2) is 53.7 Å². The molecule has 1 aromatic heterocycles. The van der Waals surface area contributed by atoms with Crippen LogP contribution >= 0.6 is 23.4 Å². The van der Waals surface area contributed by atoms with Gasteiger partial charge < -0.3 is 19.3 Å². The first kappa shape index (κ1) is 25.3. The zero-order chi connectivity index (χ0) is 25.9. The minimum Gasteiger partial charge on any atom is -0.454 e. The van der Waals surface area contributed by atoms with E-state index in [1.807, 2.05) is 47.4 Å². The van der Waals surface area contributed by atoms with Gasteiger partial charge in [-0.3, -0.25) is 9.69 Å². The van der Waals surface area contributed by atoms with Gasteiger partial charge in [-0.2, -0.15) is 0 Å². The van der Waals surface area contributed by atoms with Gasteiger partial charge in [-0.15, -0.1) is 0 Å². The lowest BCUT2D eigenvalue weighted by Gasteiger charge is -2.34. The number of hydrogen-bond donors (Lipinski definition) is 0. The molecule has 3 aromatic rings. The van der Waals surface area contributed by atoms with Crippen LogP contribution in [0.25, 0.3) is 0 Å². The Kier molecular flexibility index (Phi) is 7.58. The molecule has 3 aliphatic heterocycles. The molecule has 1 amide bonds. The molecule has 0 unspecified atom stereocenters. The predicted octanol–water partition coefficient (Wildman–Crippen LogP) is 4.71. The van der Waals surface area contributed by atoms with Gasteiger partial charge in [0.2, 0.25) is 6.79 Å². The highest BCUT2D eigenvalue weighted by Crippen LogP contribution is 2.33. The molecule has 0 saturated carbocycles. The summed E-state index contributed by atoms with van der Waals surface area (Å²) >= 11 is 7.83. The summed E-state index contributed by atoms with van der Waals surface area (Å²) in [7, 11) is 0. The van der Waals surface area contributed by atoms with Crippen molar-refractivity contribution in [2.75, 3.05) is 51.0 Å². The Morgan fingerprint density at radius 2 is 1.71 bits per heavy atom. The molecule has 2 aromatic carbocycles. The highest BCUT2D eigenvalue weighted by Gasteiger charge is 2.23. The summed E-state index contributed by atoms with van der Waals surface area (Å²) in [6.07, 6.45) is 2.36. The number of aromatic nitrogens is 2. The smallest absolute Gasteiger partial charge is 0.253 e. The lowest BCUT2D eigenvalue weighted by Crippen LogP contribution is -2.48. The molecule has 10 heteroatoms. The van der Waals surface area contributed by atoms with Crippen LogP contribution in [-0.2, 0) is 12.3 Å². The number of piperazine rings is 1. The number of carbonyl (C=O) groups is 1. The van der Waals surface area contributed by atoms with Gasteiger partial charge in [-0.05, 0) is 48.2 Å². The Morgan fingerprint density at radius 3 is 2.55 bits per heavy atom. The lowest BCUT2D eigenvalue weighted by molar-refractivity contribution is 0.0628. The van der Waals surface area contributed by atoms with Crippen molar-refractivity contribution in [2.24, 2.45) is 0 Å². The van der Waals surface area contributed by atoms with Crippen LogP contribution in [0.3, 0.4) is 0 Å². The second-order valence-electron chi connectivity index (χ2n) is 9.77. The van der Waals surface area contributed by atoms with E-state index < -0.39 is 0 Å². The van der Waals surface area contributed by atoms with Crippen molar-refractivity contribution in [1.82, 2.24) is 19.8 Å². The second-order valence-corrected chi connectivity index (χ2v) is 11.1. The number of carbonyl (C=O) groups excluding carboxylic acids is 1. The van der Waals surface area contributed by atoms with Crippen molar-refractivity contribution < 1.29 is 14.3 Å². The van der Waals surface area contributed by atoms with Gasteiger partial charge in [0, 0.05) is 63.2 Å². The Morgan fingerprint density at radius 1 is 0.895 bits per heavy atom. The number of nitrogens with zero attached hydrogens (tertiary/aromatic N) is 5. The fourth-order valence-electron chi connectivity index (χ4n) is 5.09. The summed E-state index contributed by atoms with van der Waals surface area (Å²) in [5.74, 6) is 3.26. The van der Waals surface area contributed by atoms with Crippen LogP contribution in [0.4, 0.5) is 5.82 Å². The van der Waals surface area contributed by atoms with Crippen LogP contribution in [0, 0.1) is 0 Å². The number of fused-ring (bicyclic) bond motifs is 1. The molecular formula is C28H30ClN5O3S. The van der Waals surface area contributed by atoms with E-state index in [0.29, 0.717) is 29.2 Å². The zero-order valence-corrected chi connectivity index (χ0v) is 22.7. The summed E-state index contributed by atoms with van der Waals surface area (Å²) in [5, 5.41) is 1.13. The molecular weight excluding hydrogens is 522 g/mol. The van der Waals surface area contributed by atoms with Crippen molar-refractivity contribution in [3.63, 3.8) is 0 Å². The van der Waals surface area contributed by atoms with Gasteiger partial charge in [0.05, 0.1) is 0 Å². The molecule has 198 valence electrons. The highest BCUT2D eigenvalue weighted by molar-refractivity contribution is 7.98. The Hall–Kier alpha value is -3.01. The quantitative estimate of drug-likeness (QED) is 0.237. The summed E-state index contributed by atoms with van der Waals surface area (Å²) in [6, 6.07) is 15.8. The van der Waals surface area contributed by atoms with E-state index in [9.17, 15) is 4.79 Å². The van der Waals surface area contributed by atoms with E-state index in [2.05, 4.69) is 20.9 Å². The molecule has 4 heterocycles. The fourth-order valence-corrected chi connectivity index (χ4v) is 6.11. The maximum Gasteiger partial charge on any atom is 0.253 e. The molecule has 2 saturated heterocycles. The highest BCUT2D eigenvalue weighted by atomic mass is 35.5. The number of rotatable bonds is 7. The first-order valence-electron chi connectivity index (χ1n) is 13.0. The van der Waals surface area contributed by atoms with Gasteiger partial charge in [0.1, 0.15) is 11.0 Å². The van der Waals surface area contributed by atoms with Crippen LogP contribution in [0.2, 0.25) is 5.15 Å². The fraction of sp³-hybridized carbons (Fsp3) is 0.393. The summed E-state index contributed by atoms with van der Waals surface area (Å²) in [6.45, 7) is 6.21. The van der Waals surface area contributed by atoms with Gasteiger partial charge in [0.15, 0.2) is 16.7 Å². The third-order valence-electron chi connectivity index (χ3n) is 7.14. The van der Waals surface area contributed by atoms with Crippen molar-refractivity contribution >= 4 is 35.1 Å². The van der Waals surface area contributed by atoms with Crippen LogP contribution in [0.1, 0.15) is 34.3 Å². The van der Waals surface area contributed by atoms with E-state index >= 15 is 0 Å². The number of anilines is 1. The van der Waals surface area contributed by atoms with E-state index in [1.165, 1.54) is 18.4 Å². The van der Waals surface area contributed by atoms with E-state index in [0.717, 1.165) is 61.2 Å². The largest absolute Gasteiger partial charge is 0.454 e. The molecule has 8 nitrogen and oxygen atoms in total. The number of thioether (sulfide) groups is 1. The molecule has 6 rings (SSSR count). The summed E-state index contributed by atoms with van der Waals surface area (Å²) < 4.78 is 10.9. The maximum atomic E-state index is 13.3. The third-order valence-corrected chi connectivity index (χ3v) is 8.25. The lowest BCUT2D eigenvalue weighted by atomic mass is 10.1. The minimum atomic E-state index is 0.0786. The molecule has 0 aliphatic carbocycles. The zero-order valence-electron chi connectivity index (χ0n) is 21.1. The predicted molar refractivity (Wildman–Crippen MR) is 148 cm³/mol. The summed E-state index contributed by atoms with van der Waals surface area (Å²) in [4.78, 5) is 29.0. The molecule has 3 aliphatic rings. The molecule has 38 heavy (non-hydrogen) atoms. The molecule has 0 radical (unpaired) electrons. The van der Waals surface area contributed by atoms with Crippen molar-refractivity contribution in [2.45, 2.75) is 30.3 Å². The first-order valence-corrected chi connectivity index (χ1v) is 14.4. The summed E-state index contributed by atoms with van der Waals surface area (Å²) in [5.41, 5.74) is 2.97. The van der Waals surface area contributed by atoms with Crippen LogP contribution in [0.5, 0.6) is 11.5 Å². The van der Waals surface area contributed by atoms with Crippen LogP contribution < -0.4 is 14.4 Å². The average molecular weight is 552 g/mol. The normalized spacial score (nSPS) is 17.3. The Bertz CT molecular complexity index is 1310. The number of ether oxygens (including phenoxy) is 2. The van der Waals surface area contributed by atoms with Crippen molar-refractivity contribution in [3.05, 3.63) is 70.4 Å². The SMILES string of the molecule is O=C(c1cccc(CSc2nc(Cl)cc(N3CCCC3)n2)c1)N1CCN(Cc2ccc3c(c2)OCO3)CC1. The number of halogens is 1. The van der Waals surface area contributed by atoms with Gasteiger partial charge in [0.25, 0.3) is 5.91 Å². The number of benzene rings is 2. The van der Waals surface area contributed by atoms with Gasteiger partial charge >= 0.3 is 0 Å². The Labute approximate surface area is 231 Å².